The van der Waals surface area contributed by atoms with Crippen LogP contribution in [0.25, 0.3) is 0 Å². The Labute approximate surface area is 201 Å². The Kier molecular flexibility index (Phi) is 10.2. The van der Waals surface area contributed by atoms with E-state index in [1.54, 1.807) is 27.5 Å². The number of nitrogens with one attached hydrogen (secondary N) is 1. The summed E-state index contributed by atoms with van der Waals surface area (Å²) < 4.78 is 18.3. The second-order valence-corrected chi connectivity index (χ2v) is 7.04. The summed E-state index contributed by atoms with van der Waals surface area (Å²) in [4.78, 5) is 9.17. The van der Waals surface area contributed by atoms with E-state index < -0.39 is 0 Å². The lowest BCUT2D eigenvalue weighted by atomic mass is 10.1. The average Bonchev–Trinajstić information content (AvgIpc) is 3.30. The van der Waals surface area contributed by atoms with Crippen LogP contribution >= 0.6 is 24.0 Å². The van der Waals surface area contributed by atoms with Gasteiger partial charge in [0.2, 0.25) is 5.75 Å². The lowest BCUT2D eigenvalue weighted by Gasteiger charge is -2.36. The molecule has 0 atom stereocenters. The minimum Gasteiger partial charge on any atom is -0.493 e. The van der Waals surface area contributed by atoms with Crippen molar-refractivity contribution >= 4 is 29.9 Å². The molecule has 1 aromatic carbocycles. The molecule has 1 saturated heterocycles. The van der Waals surface area contributed by atoms with Gasteiger partial charge in [-0.25, -0.2) is 0 Å². The van der Waals surface area contributed by atoms with Crippen LogP contribution in [0.15, 0.2) is 35.6 Å². The first-order valence-corrected chi connectivity index (χ1v) is 10.1. The number of piperazine rings is 1. The van der Waals surface area contributed by atoms with Gasteiger partial charge in [-0.15, -0.1) is 24.0 Å². The summed E-state index contributed by atoms with van der Waals surface area (Å²) >= 11 is 0. The fraction of sp³-hybridized carbons (Fsp3) is 0.524. The van der Waals surface area contributed by atoms with Crippen LogP contribution in [0.2, 0.25) is 0 Å². The summed E-state index contributed by atoms with van der Waals surface area (Å²) in [5, 5.41) is 7.66. The van der Waals surface area contributed by atoms with Gasteiger partial charge in [0.15, 0.2) is 17.5 Å². The van der Waals surface area contributed by atoms with E-state index in [1.807, 2.05) is 36.1 Å². The second-order valence-electron chi connectivity index (χ2n) is 7.04. The molecule has 0 unspecified atom stereocenters. The molecule has 1 fully saturated rings. The van der Waals surface area contributed by atoms with Crippen molar-refractivity contribution in [2.45, 2.75) is 13.1 Å². The average molecular weight is 544 g/mol. The van der Waals surface area contributed by atoms with E-state index in [1.165, 1.54) is 0 Å². The molecule has 172 valence electrons. The molecule has 10 heteroatoms. The largest absolute Gasteiger partial charge is 0.493 e. The number of benzene rings is 1. The van der Waals surface area contributed by atoms with Crippen LogP contribution in [-0.2, 0) is 13.1 Å². The van der Waals surface area contributed by atoms with Crippen LogP contribution in [-0.4, -0.2) is 86.6 Å². The molecule has 1 N–H and O–H groups in total. The van der Waals surface area contributed by atoms with Crippen LogP contribution in [0.1, 0.15) is 5.56 Å². The van der Waals surface area contributed by atoms with Crippen LogP contribution in [0.3, 0.4) is 0 Å². The first-order chi connectivity index (χ1) is 14.7. The zero-order valence-electron chi connectivity index (χ0n) is 18.7. The Hall–Kier alpha value is -2.21. The summed E-state index contributed by atoms with van der Waals surface area (Å²) in [5.41, 5.74) is 1.14. The van der Waals surface area contributed by atoms with Crippen LogP contribution in [0.5, 0.6) is 17.2 Å². The van der Waals surface area contributed by atoms with Gasteiger partial charge in [0.25, 0.3) is 0 Å². The van der Waals surface area contributed by atoms with Gasteiger partial charge in [0, 0.05) is 58.7 Å². The summed E-state index contributed by atoms with van der Waals surface area (Å²) in [6, 6.07) is 5.97. The topological polar surface area (TPSA) is 76.4 Å². The molecule has 9 nitrogen and oxygen atoms in total. The Morgan fingerprint density at radius 1 is 1.06 bits per heavy atom. The van der Waals surface area contributed by atoms with E-state index >= 15 is 0 Å². The molecular formula is C21H33IN6O3. The Bertz CT molecular complexity index is 798. The zero-order chi connectivity index (χ0) is 21.3. The van der Waals surface area contributed by atoms with Crippen molar-refractivity contribution in [3.63, 3.8) is 0 Å². The third kappa shape index (κ3) is 6.63. The molecule has 0 bridgehead atoms. The van der Waals surface area contributed by atoms with Crippen molar-refractivity contribution < 1.29 is 14.2 Å². The highest BCUT2D eigenvalue weighted by Gasteiger charge is 2.21. The van der Waals surface area contributed by atoms with Gasteiger partial charge in [-0.2, -0.15) is 5.10 Å². The normalized spacial score (nSPS) is 14.7. The van der Waals surface area contributed by atoms with E-state index in [9.17, 15) is 0 Å². The third-order valence-corrected chi connectivity index (χ3v) is 5.20. The highest BCUT2D eigenvalue weighted by atomic mass is 127. The molecule has 1 aliphatic heterocycles. The van der Waals surface area contributed by atoms with Crippen LogP contribution < -0.4 is 19.5 Å². The number of halogens is 1. The standard InChI is InChI=1S/C21H32N6O3.HI/c1-22-21(23-7-9-27-8-5-6-24-27)26-12-10-25(11-13-26)16-17-14-18(28-2)20(30-4)19(15-17)29-3;/h5-6,8,14-15H,7,9-13,16H2,1-4H3,(H,22,23);1H. The number of nitrogens with zero attached hydrogens (tertiary/aromatic N) is 5. The molecule has 0 radical (unpaired) electrons. The lowest BCUT2D eigenvalue weighted by molar-refractivity contribution is 0.172. The maximum atomic E-state index is 5.47. The number of guanidine groups is 1. The predicted molar refractivity (Wildman–Crippen MR) is 132 cm³/mol. The first-order valence-electron chi connectivity index (χ1n) is 10.1. The Morgan fingerprint density at radius 3 is 2.26 bits per heavy atom. The maximum absolute atomic E-state index is 5.47. The highest BCUT2D eigenvalue weighted by Crippen LogP contribution is 2.38. The van der Waals surface area contributed by atoms with E-state index in [0.717, 1.165) is 57.3 Å². The van der Waals surface area contributed by atoms with Crippen LogP contribution in [0, 0.1) is 0 Å². The number of hydrogen-bond acceptors (Lipinski definition) is 6. The van der Waals surface area contributed by atoms with Crippen molar-refractivity contribution in [1.82, 2.24) is 24.9 Å². The van der Waals surface area contributed by atoms with Crippen LogP contribution in [0.4, 0.5) is 0 Å². The minimum absolute atomic E-state index is 0. The van der Waals surface area contributed by atoms with E-state index in [4.69, 9.17) is 14.2 Å². The molecule has 0 saturated carbocycles. The predicted octanol–water partition coefficient (Wildman–Crippen LogP) is 1.92. The van der Waals surface area contributed by atoms with Gasteiger partial charge in [0.05, 0.1) is 27.9 Å². The van der Waals surface area contributed by atoms with E-state index in [-0.39, 0.29) is 24.0 Å². The smallest absolute Gasteiger partial charge is 0.203 e. The fourth-order valence-electron chi connectivity index (χ4n) is 3.65. The number of methoxy groups -OCH3 is 3. The molecule has 2 aromatic rings. The third-order valence-electron chi connectivity index (χ3n) is 5.20. The van der Waals surface area contributed by atoms with Gasteiger partial charge in [-0.05, 0) is 23.8 Å². The quantitative estimate of drug-likeness (QED) is 0.309. The summed E-state index contributed by atoms with van der Waals surface area (Å²) in [7, 11) is 6.74. The fourth-order valence-corrected chi connectivity index (χ4v) is 3.65. The van der Waals surface area contributed by atoms with E-state index in [2.05, 4.69) is 25.2 Å². The molecule has 3 rings (SSSR count). The number of rotatable bonds is 8. The molecule has 0 aliphatic carbocycles. The molecule has 31 heavy (non-hydrogen) atoms. The molecule has 2 heterocycles. The van der Waals surface area contributed by atoms with Crippen molar-refractivity contribution in [2.75, 3.05) is 61.1 Å². The number of aliphatic imine (C=N–C) groups is 1. The summed E-state index contributed by atoms with van der Waals surface area (Å²) in [6.45, 7) is 6.19. The van der Waals surface area contributed by atoms with E-state index in [0.29, 0.717) is 17.2 Å². The van der Waals surface area contributed by atoms with Crippen molar-refractivity contribution in [3.05, 3.63) is 36.2 Å². The lowest BCUT2D eigenvalue weighted by Crippen LogP contribution is -2.52. The van der Waals surface area contributed by atoms with Crippen molar-refractivity contribution in [1.29, 1.82) is 0 Å². The van der Waals surface area contributed by atoms with Crippen molar-refractivity contribution in [2.24, 2.45) is 4.99 Å². The highest BCUT2D eigenvalue weighted by molar-refractivity contribution is 14.0. The Morgan fingerprint density at radius 2 is 1.74 bits per heavy atom. The molecule has 1 aliphatic rings. The number of hydrogen-bond donors (Lipinski definition) is 1. The minimum atomic E-state index is 0. The molecule has 1 aromatic heterocycles. The molecule has 0 amide bonds. The Balaban J connectivity index is 0.00000341. The summed E-state index contributed by atoms with van der Waals surface area (Å²) in [5.74, 6) is 2.94. The SMILES string of the molecule is CN=C(NCCn1cccn1)N1CCN(Cc2cc(OC)c(OC)c(OC)c2)CC1.I. The van der Waals surface area contributed by atoms with Gasteiger partial charge >= 0.3 is 0 Å². The maximum Gasteiger partial charge on any atom is 0.203 e. The zero-order valence-corrected chi connectivity index (χ0v) is 21.0. The van der Waals surface area contributed by atoms with Gasteiger partial charge in [-0.3, -0.25) is 14.6 Å². The first kappa shape index (κ1) is 25.1. The van der Waals surface area contributed by atoms with Gasteiger partial charge < -0.3 is 24.4 Å². The van der Waals surface area contributed by atoms with Gasteiger partial charge in [-0.1, -0.05) is 0 Å². The number of aromatic nitrogens is 2. The molecular weight excluding hydrogens is 511 g/mol. The molecule has 0 spiro atoms. The number of ether oxygens (including phenoxy) is 3. The van der Waals surface area contributed by atoms with Crippen molar-refractivity contribution in [3.8, 4) is 17.2 Å². The van der Waals surface area contributed by atoms with Gasteiger partial charge in [0.1, 0.15) is 0 Å². The summed E-state index contributed by atoms with van der Waals surface area (Å²) in [6.07, 6.45) is 3.76. The second kappa shape index (κ2) is 12.6. The monoisotopic (exact) mass is 544 g/mol.